The number of nitrogens with zero attached hydrogens (tertiary/aromatic N) is 3. The summed E-state index contributed by atoms with van der Waals surface area (Å²) in [6.45, 7) is 0.189. The number of nitrogens with one attached hydrogen (secondary N) is 2. The second kappa shape index (κ2) is 6.62. The number of alkyl halides is 2. The second-order valence-electron chi connectivity index (χ2n) is 6.87. The van der Waals surface area contributed by atoms with E-state index in [2.05, 4.69) is 25.8 Å². The molecule has 0 aliphatic heterocycles. The highest BCUT2D eigenvalue weighted by atomic mass is 19.3. The van der Waals surface area contributed by atoms with Crippen molar-refractivity contribution in [1.82, 2.24) is 20.4 Å². The van der Waals surface area contributed by atoms with Crippen LogP contribution in [0.1, 0.15) is 36.3 Å². The molecule has 0 saturated heterocycles. The number of carbonyl (C=O) groups excluding carboxylic acids is 1. The molecule has 26 heavy (non-hydrogen) atoms. The van der Waals surface area contributed by atoms with Gasteiger partial charge < -0.3 is 15.2 Å². The molecule has 1 atom stereocenters. The van der Waals surface area contributed by atoms with Gasteiger partial charge in [-0.15, -0.1) is 0 Å². The minimum absolute atomic E-state index is 0.143. The van der Waals surface area contributed by atoms with E-state index in [-0.39, 0.29) is 31.3 Å². The average Bonchev–Trinajstić information content (AvgIpc) is 3.01. The van der Waals surface area contributed by atoms with Gasteiger partial charge in [-0.05, 0) is 18.9 Å². The van der Waals surface area contributed by atoms with Crippen LogP contribution in [0.4, 0.5) is 14.7 Å². The molecule has 0 aromatic carbocycles. The fourth-order valence-electron chi connectivity index (χ4n) is 3.44. The van der Waals surface area contributed by atoms with Crippen molar-refractivity contribution >= 4 is 11.9 Å². The maximum Gasteiger partial charge on any atom is 0.249 e. The van der Waals surface area contributed by atoms with Crippen LogP contribution in [0.25, 0.3) is 0 Å². The summed E-state index contributed by atoms with van der Waals surface area (Å²) in [7, 11) is 0. The number of rotatable bonds is 5. The first kappa shape index (κ1) is 16.9. The molecular formula is C17H19F2N5O2. The first-order valence-electron chi connectivity index (χ1n) is 8.65. The van der Waals surface area contributed by atoms with Crippen LogP contribution in [0.2, 0.25) is 0 Å². The molecule has 2 aliphatic rings. The topological polar surface area (TPSA) is 92.9 Å². The summed E-state index contributed by atoms with van der Waals surface area (Å²) < 4.78 is 31.1. The van der Waals surface area contributed by atoms with Crippen molar-refractivity contribution in [3.05, 3.63) is 35.5 Å². The molecule has 2 aromatic rings. The normalized spacial score (nSPS) is 21.5. The number of hydrogen-bond donors (Lipinski definition) is 2. The van der Waals surface area contributed by atoms with Gasteiger partial charge >= 0.3 is 0 Å². The summed E-state index contributed by atoms with van der Waals surface area (Å²) in [5, 5.41) is 10.0. The van der Waals surface area contributed by atoms with Crippen molar-refractivity contribution in [3.63, 3.8) is 0 Å². The molecule has 2 heterocycles. The number of aryl methyl sites for hydroxylation is 1. The van der Waals surface area contributed by atoms with Crippen molar-refractivity contribution in [2.45, 2.75) is 50.6 Å². The molecule has 138 valence electrons. The van der Waals surface area contributed by atoms with Gasteiger partial charge in [-0.3, -0.25) is 4.79 Å². The van der Waals surface area contributed by atoms with Crippen LogP contribution in [0.3, 0.4) is 0 Å². The molecule has 2 aromatic heterocycles. The van der Waals surface area contributed by atoms with Gasteiger partial charge in [0.15, 0.2) is 0 Å². The lowest BCUT2D eigenvalue weighted by atomic mass is 9.81. The van der Waals surface area contributed by atoms with E-state index < -0.39 is 11.8 Å². The van der Waals surface area contributed by atoms with Crippen molar-refractivity contribution in [2.24, 2.45) is 5.92 Å². The van der Waals surface area contributed by atoms with Gasteiger partial charge in [0.1, 0.15) is 11.5 Å². The third-order valence-electron chi connectivity index (χ3n) is 4.91. The summed E-state index contributed by atoms with van der Waals surface area (Å²) in [4.78, 5) is 20.3. The number of halogens is 2. The molecule has 0 radical (unpaired) electrons. The predicted octanol–water partition coefficient (Wildman–Crippen LogP) is 2.10. The Bertz CT molecular complexity index is 788. The van der Waals surface area contributed by atoms with E-state index in [1.807, 2.05) is 0 Å². The van der Waals surface area contributed by atoms with Gasteiger partial charge in [0.25, 0.3) is 0 Å². The van der Waals surface area contributed by atoms with Crippen molar-refractivity contribution in [2.75, 3.05) is 5.32 Å². The Morgan fingerprint density at radius 3 is 2.81 bits per heavy atom. The summed E-state index contributed by atoms with van der Waals surface area (Å²) in [6.07, 6.45) is 4.88. The van der Waals surface area contributed by atoms with E-state index in [0.29, 0.717) is 18.1 Å². The minimum atomic E-state index is -2.70. The molecule has 1 amide bonds. The molecule has 2 aliphatic carbocycles. The van der Waals surface area contributed by atoms with E-state index >= 15 is 0 Å². The van der Waals surface area contributed by atoms with Crippen LogP contribution in [-0.2, 0) is 24.2 Å². The lowest BCUT2D eigenvalue weighted by Gasteiger charge is -2.33. The molecule has 7 nitrogen and oxygen atoms in total. The highest BCUT2D eigenvalue weighted by Gasteiger charge is 2.48. The van der Waals surface area contributed by atoms with E-state index in [4.69, 9.17) is 4.52 Å². The lowest BCUT2D eigenvalue weighted by molar-refractivity contribution is -0.150. The average molecular weight is 363 g/mol. The Hall–Kier alpha value is -2.58. The molecule has 1 saturated carbocycles. The van der Waals surface area contributed by atoms with Crippen molar-refractivity contribution in [3.8, 4) is 0 Å². The fourth-order valence-corrected chi connectivity index (χ4v) is 3.44. The van der Waals surface area contributed by atoms with Gasteiger partial charge in [0, 0.05) is 49.2 Å². The van der Waals surface area contributed by atoms with Crippen LogP contribution in [0.5, 0.6) is 0 Å². The predicted molar refractivity (Wildman–Crippen MR) is 87.5 cm³/mol. The molecule has 1 unspecified atom stereocenters. The summed E-state index contributed by atoms with van der Waals surface area (Å²) in [6, 6.07) is 1.90. The largest absolute Gasteiger partial charge is 0.361 e. The highest BCUT2D eigenvalue weighted by molar-refractivity contribution is 5.79. The van der Waals surface area contributed by atoms with Gasteiger partial charge in [-0.2, -0.15) is 0 Å². The third-order valence-corrected chi connectivity index (χ3v) is 4.91. The van der Waals surface area contributed by atoms with Gasteiger partial charge in [0.2, 0.25) is 17.8 Å². The van der Waals surface area contributed by atoms with Crippen LogP contribution < -0.4 is 10.6 Å². The zero-order valence-electron chi connectivity index (χ0n) is 14.0. The van der Waals surface area contributed by atoms with E-state index in [9.17, 15) is 13.6 Å². The maximum absolute atomic E-state index is 12.9. The molecule has 2 N–H and O–H groups in total. The smallest absolute Gasteiger partial charge is 0.249 e. The SMILES string of the molecule is O=C(NCc1noc2c1CC(Nc1ncccn1)CC2)C1CC(F)(F)C1. The molecule has 4 rings (SSSR count). The second-order valence-corrected chi connectivity index (χ2v) is 6.87. The Balaban J connectivity index is 1.35. The number of fused-ring (bicyclic) bond motifs is 1. The Morgan fingerprint density at radius 1 is 1.31 bits per heavy atom. The molecule has 9 heteroatoms. The van der Waals surface area contributed by atoms with Crippen LogP contribution in [0.15, 0.2) is 23.0 Å². The monoisotopic (exact) mass is 363 g/mol. The Kier molecular flexibility index (Phi) is 4.29. The molecule has 0 bridgehead atoms. The standard InChI is InChI=1S/C17H19F2N5O2/c18-17(19)7-10(8-17)15(25)22-9-13-12-6-11(2-3-14(12)26-24-13)23-16-20-4-1-5-21-16/h1,4-5,10-11H,2-3,6-9H2,(H,22,25)(H,20,21,23). The first-order chi connectivity index (χ1) is 12.5. The highest BCUT2D eigenvalue weighted by Crippen LogP contribution is 2.42. The Labute approximate surface area is 148 Å². The number of carbonyl (C=O) groups is 1. The van der Waals surface area contributed by atoms with Crippen molar-refractivity contribution < 1.29 is 18.1 Å². The van der Waals surface area contributed by atoms with Crippen LogP contribution in [-0.4, -0.2) is 33.0 Å². The van der Waals surface area contributed by atoms with Gasteiger partial charge in [0.05, 0.1) is 6.54 Å². The van der Waals surface area contributed by atoms with E-state index in [1.165, 1.54) is 0 Å². The number of aromatic nitrogens is 3. The summed E-state index contributed by atoms with van der Waals surface area (Å²) in [5.74, 6) is -2.28. The number of amides is 1. The first-order valence-corrected chi connectivity index (χ1v) is 8.65. The quantitative estimate of drug-likeness (QED) is 0.845. The maximum atomic E-state index is 12.9. The molecule has 0 spiro atoms. The Morgan fingerprint density at radius 2 is 2.08 bits per heavy atom. The van der Waals surface area contributed by atoms with Gasteiger partial charge in [-0.1, -0.05) is 5.16 Å². The number of hydrogen-bond acceptors (Lipinski definition) is 6. The van der Waals surface area contributed by atoms with Crippen LogP contribution in [0, 0.1) is 5.92 Å². The lowest BCUT2D eigenvalue weighted by Crippen LogP contribution is -2.44. The molecular weight excluding hydrogens is 344 g/mol. The minimum Gasteiger partial charge on any atom is -0.361 e. The zero-order chi connectivity index (χ0) is 18.1. The van der Waals surface area contributed by atoms with Crippen molar-refractivity contribution in [1.29, 1.82) is 0 Å². The van der Waals surface area contributed by atoms with E-state index in [1.54, 1.807) is 18.5 Å². The van der Waals surface area contributed by atoms with Crippen LogP contribution >= 0.6 is 0 Å². The van der Waals surface area contributed by atoms with E-state index in [0.717, 1.165) is 24.2 Å². The zero-order valence-corrected chi connectivity index (χ0v) is 14.0. The third kappa shape index (κ3) is 3.51. The van der Waals surface area contributed by atoms with Gasteiger partial charge in [-0.25, -0.2) is 18.7 Å². The summed E-state index contributed by atoms with van der Waals surface area (Å²) >= 11 is 0. The fraction of sp³-hybridized carbons (Fsp3) is 0.529. The molecule has 1 fully saturated rings. The number of anilines is 1. The summed E-state index contributed by atoms with van der Waals surface area (Å²) in [5.41, 5.74) is 1.61.